The van der Waals surface area contributed by atoms with E-state index >= 15 is 0 Å². The number of anilines is 2. The molecule has 1 aliphatic heterocycles. The molecule has 0 saturated carbocycles. The Morgan fingerprint density at radius 2 is 1.83 bits per heavy atom. The molecule has 1 saturated heterocycles. The molecule has 41 heavy (non-hydrogen) atoms. The summed E-state index contributed by atoms with van der Waals surface area (Å²) in [4.78, 5) is 51.1. The second-order valence-electron chi connectivity index (χ2n) is 10.2. The van der Waals surface area contributed by atoms with Gasteiger partial charge in [-0.3, -0.25) is 4.57 Å². The number of imidazole rings is 1. The highest BCUT2D eigenvalue weighted by molar-refractivity contribution is 5.80. The highest BCUT2D eigenvalue weighted by Crippen LogP contribution is 2.24. The molecule has 1 amide bonds. The van der Waals surface area contributed by atoms with Gasteiger partial charge in [-0.25, -0.2) is 19.4 Å². The third-order valence-corrected chi connectivity index (χ3v) is 7.19. The monoisotopic (exact) mass is 559 g/mol. The van der Waals surface area contributed by atoms with Gasteiger partial charge in [0.2, 0.25) is 5.95 Å². The molecule has 3 heterocycles. The summed E-state index contributed by atoms with van der Waals surface area (Å²) in [6.45, 7) is 3.84. The quantitative estimate of drug-likeness (QED) is 0.229. The van der Waals surface area contributed by atoms with Crippen molar-refractivity contribution in [3.63, 3.8) is 0 Å². The number of aryl methyl sites for hydroxylation is 1. The number of piperidine rings is 1. The van der Waals surface area contributed by atoms with Crippen molar-refractivity contribution >= 4 is 34.9 Å². The van der Waals surface area contributed by atoms with E-state index in [-0.39, 0.29) is 13.2 Å². The molecule has 0 unspecified atom stereocenters. The summed E-state index contributed by atoms with van der Waals surface area (Å²) < 4.78 is 6.34. The van der Waals surface area contributed by atoms with Gasteiger partial charge in [0, 0.05) is 31.4 Å². The Morgan fingerprint density at radius 1 is 1.10 bits per heavy atom. The minimum absolute atomic E-state index is 0.000973. The number of fused-ring (bicyclic) bond motifs is 1. The Morgan fingerprint density at radius 3 is 2.56 bits per heavy atom. The average molecular weight is 560 g/mol. The van der Waals surface area contributed by atoms with E-state index in [9.17, 15) is 19.5 Å². The standard InChI is InChI=1S/C29H33N7O5/c1-19-16-36(17-24(26(37)38)33-29(40)41-18-21-7-3-2-4-8-21)28(39)34-25(19)35-13-11-20(12-14-35)15-30-27-31-22-9-5-6-10-23(22)32-27/h2-10,16,20,24H,11-15,17-18H2,1H3,(H,33,40)(H,37,38)(H2,30,31,32)/t24-/m0/s1. The molecule has 4 N–H and O–H groups in total. The maximum absolute atomic E-state index is 12.9. The number of hydrogen-bond acceptors (Lipinski definition) is 8. The van der Waals surface area contributed by atoms with Crippen molar-refractivity contribution in [1.82, 2.24) is 24.8 Å². The third kappa shape index (κ3) is 7.02. The highest BCUT2D eigenvalue weighted by Gasteiger charge is 2.25. The first-order valence-corrected chi connectivity index (χ1v) is 13.6. The number of para-hydroxylation sites is 2. The third-order valence-electron chi connectivity index (χ3n) is 7.19. The van der Waals surface area contributed by atoms with Crippen molar-refractivity contribution in [3.05, 3.63) is 82.4 Å². The largest absolute Gasteiger partial charge is 0.480 e. The maximum Gasteiger partial charge on any atom is 0.408 e. The maximum atomic E-state index is 12.9. The van der Waals surface area contributed by atoms with E-state index in [1.807, 2.05) is 49.4 Å². The number of aromatic amines is 1. The van der Waals surface area contributed by atoms with Gasteiger partial charge in [-0.05, 0) is 43.4 Å². The Balaban J connectivity index is 1.14. The molecule has 1 fully saturated rings. The minimum Gasteiger partial charge on any atom is -0.480 e. The van der Waals surface area contributed by atoms with Crippen LogP contribution in [0.4, 0.5) is 16.6 Å². The number of nitrogens with one attached hydrogen (secondary N) is 3. The second kappa shape index (κ2) is 12.5. The number of carbonyl (C=O) groups excluding carboxylic acids is 1. The number of carboxylic acids is 1. The van der Waals surface area contributed by atoms with Crippen molar-refractivity contribution in [3.8, 4) is 0 Å². The number of benzene rings is 2. The molecule has 1 aliphatic rings. The molecular weight excluding hydrogens is 526 g/mol. The molecule has 0 aliphatic carbocycles. The summed E-state index contributed by atoms with van der Waals surface area (Å²) >= 11 is 0. The number of ether oxygens (including phenoxy) is 1. The van der Waals surface area contributed by atoms with Crippen molar-refractivity contribution < 1.29 is 19.4 Å². The lowest BCUT2D eigenvalue weighted by atomic mass is 9.96. The molecule has 214 valence electrons. The fourth-order valence-electron chi connectivity index (χ4n) is 4.96. The Bertz CT molecular complexity index is 1530. The lowest BCUT2D eigenvalue weighted by Gasteiger charge is -2.33. The second-order valence-corrected chi connectivity index (χ2v) is 10.2. The summed E-state index contributed by atoms with van der Waals surface area (Å²) in [7, 11) is 0. The van der Waals surface area contributed by atoms with Gasteiger partial charge < -0.3 is 30.4 Å². The van der Waals surface area contributed by atoms with E-state index in [0.717, 1.165) is 60.6 Å². The smallest absolute Gasteiger partial charge is 0.408 e. The fourth-order valence-corrected chi connectivity index (χ4v) is 4.96. The first kappa shape index (κ1) is 27.7. The normalized spacial score (nSPS) is 14.5. The molecule has 0 bridgehead atoms. The lowest BCUT2D eigenvalue weighted by molar-refractivity contribution is -0.139. The van der Waals surface area contributed by atoms with Gasteiger partial charge in [0.25, 0.3) is 0 Å². The van der Waals surface area contributed by atoms with Gasteiger partial charge in [-0.2, -0.15) is 4.98 Å². The topological polar surface area (TPSA) is 154 Å². The molecule has 5 rings (SSSR count). The van der Waals surface area contributed by atoms with Crippen LogP contribution >= 0.6 is 0 Å². The van der Waals surface area contributed by atoms with Gasteiger partial charge >= 0.3 is 17.8 Å². The number of alkyl carbamates (subject to hydrolysis) is 1. The van der Waals surface area contributed by atoms with Crippen LogP contribution in [-0.4, -0.2) is 62.4 Å². The molecule has 12 nitrogen and oxygen atoms in total. The van der Waals surface area contributed by atoms with E-state index < -0.39 is 23.8 Å². The van der Waals surface area contributed by atoms with Crippen molar-refractivity contribution in [2.45, 2.75) is 39.0 Å². The van der Waals surface area contributed by atoms with Crippen LogP contribution in [0.1, 0.15) is 24.0 Å². The van der Waals surface area contributed by atoms with Crippen molar-refractivity contribution in [2.24, 2.45) is 5.92 Å². The van der Waals surface area contributed by atoms with Crippen molar-refractivity contribution in [2.75, 3.05) is 29.9 Å². The molecule has 2 aromatic heterocycles. The SMILES string of the molecule is Cc1cn(C[C@H](NC(=O)OCc2ccccc2)C(=O)O)c(=O)nc1N1CCC(CNc2nc3ccccc3[nH]2)CC1. The van der Waals surface area contributed by atoms with Crippen LogP contribution in [0.5, 0.6) is 0 Å². The van der Waals surface area contributed by atoms with Crippen LogP contribution in [0.15, 0.2) is 65.6 Å². The molecule has 1 atom stereocenters. The number of rotatable bonds is 10. The number of aliphatic carboxylic acids is 1. The predicted molar refractivity (Wildman–Crippen MR) is 154 cm³/mol. The molecule has 0 radical (unpaired) electrons. The van der Waals surface area contributed by atoms with Gasteiger partial charge in [0.15, 0.2) is 0 Å². The van der Waals surface area contributed by atoms with Gasteiger partial charge in [-0.15, -0.1) is 0 Å². The Hall–Kier alpha value is -4.87. The van der Waals surface area contributed by atoms with E-state index in [0.29, 0.717) is 11.7 Å². The molecule has 0 spiro atoms. The number of amides is 1. The molecule has 12 heteroatoms. The number of aromatic nitrogens is 4. The number of nitrogens with zero attached hydrogens (tertiary/aromatic N) is 4. The first-order chi connectivity index (χ1) is 19.9. The van der Waals surface area contributed by atoms with Crippen LogP contribution < -0.4 is 21.2 Å². The van der Waals surface area contributed by atoms with Crippen LogP contribution in [-0.2, 0) is 22.7 Å². The van der Waals surface area contributed by atoms with E-state index in [1.165, 1.54) is 4.57 Å². The number of H-pyrrole nitrogens is 1. The zero-order chi connectivity index (χ0) is 28.8. The highest BCUT2D eigenvalue weighted by atomic mass is 16.5. The average Bonchev–Trinajstić information content (AvgIpc) is 3.40. The molecular formula is C29H33N7O5. The summed E-state index contributed by atoms with van der Waals surface area (Å²) in [6.07, 6.45) is 2.56. The van der Waals surface area contributed by atoms with Crippen molar-refractivity contribution in [1.29, 1.82) is 0 Å². The van der Waals surface area contributed by atoms with Gasteiger partial charge in [-0.1, -0.05) is 42.5 Å². The van der Waals surface area contributed by atoms with Crippen LogP contribution in [0.2, 0.25) is 0 Å². The van der Waals surface area contributed by atoms with Crippen LogP contribution in [0.3, 0.4) is 0 Å². The molecule has 4 aromatic rings. The summed E-state index contributed by atoms with van der Waals surface area (Å²) in [5.74, 6) is 0.517. The van der Waals surface area contributed by atoms with Crippen LogP contribution in [0.25, 0.3) is 11.0 Å². The van der Waals surface area contributed by atoms with Crippen LogP contribution in [0, 0.1) is 12.8 Å². The Kier molecular flexibility index (Phi) is 8.47. The Labute approximate surface area is 236 Å². The van der Waals surface area contributed by atoms with Gasteiger partial charge in [0.1, 0.15) is 18.5 Å². The van der Waals surface area contributed by atoms with Gasteiger partial charge in [0.05, 0.1) is 17.6 Å². The number of carbonyl (C=O) groups is 2. The number of hydrogen-bond donors (Lipinski definition) is 4. The fraction of sp³-hybridized carbons (Fsp3) is 0.345. The zero-order valence-corrected chi connectivity index (χ0v) is 22.7. The number of carboxylic acid groups (broad SMARTS) is 1. The molecule has 2 aromatic carbocycles. The summed E-state index contributed by atoms with van der Waals surface area (Å²) in [5.41, 5.74) is 2.86. The summed E-state index contributed by atoms with van der Waals surface area (Å²) in [6, 6.07) is 15.6. The van der Waals surface area contributed by atoms with E-state index in [2.05, 4.69) is 30.5 Å². The first-order valence-electron chi connectivity index (χ1n) is 13.6. The van der Waals surface area contributed by atoms with E-state index in [4.69, 9.17) is 4.74 Å². The minimum atomic E-state index is -1.36. The summed E-state index contributed by atoms with van der Waals surface area (Å²) in [5, 5.41) is 15.4. The lowest BCUT2D eigenvalue weighted by Crippen LogP contribution is -2.46. The van der Waals surface area contributed by atoms with E-state index in [1.54, 1.807) is 18.3 Å². The predicted octanol–water partition coefficient (Wildman–Crippen LogP) is 3.14. The zero-order valence-electron chi connectivity index (χ0n) is 22.7.